The first kappa shape index (κ1) is 55.3. The highest BCUT2D eigenvalue weighted by Gasteiger charge is 2.42. The van der Waals surface area contributed by atoms with Gasteiger partial charge < -0.3 is 45.4 Å². The Hall–Kier alpha value is -4.67. The highest BCUT2D eigenvalue weighted by Crippen LogP contribution is 2.29. The Morgan fingerprint density at radius 2 is 1.60 bits per heavy atom. The number of nitrogens with zero attached hydrogens (tertiary/aromatic N) is 4. The van der Waals surface area contributed by atoms with E-state index in [1.165, 1.54) is 36.5 Å². The molecule has 1 aromatic rings. The van der Waals surface area contributed by atoms with Crippen LogP contribution in [0.25, 0.3) is 0 Å². The molecular weight excluding hydrogens is 795 g/mol. The van der Waals surface area contributed by atoms with Crippen molar-refractivity contribution in [3.8, 4) is 0 Å². The Morgan fingerprint density at radius 3 is 2.16 bits per heavy atom. The van der Waals surface area contributed by atoms with Gasteiger partial charge in [-0.15, -0.1) is 0 Å². The summed E-state index contributed by atoms with van der Waals surface area (Å²) in [5.74, 6) is -2.06. The first-order chi connectivity index (χ1) is 29.5. The number of likely N-dealkylation sites (N-methyl/N-ethyl adjacent to an activating group) is 3. The van der Waals surface area contributed by atoms with Gasteiger partial charge in [0.25, 0.3) is 0 Å². The van der Waals surface area contributed by atoms with Crippen LogP contribution in [0.15, 0.2) is 36.4 Å². The number of methoxy groups -OCH3 is 2. The fourth-order valence-electron chi connectivity index (χ4n) is 7.59. The van der Waals surface area contributed by atoms with Crippen LogP contribution in [0.1, 0.15) is 105 Å². The number of likely N-dealkylation sites (tertiary alicyclic amines) is 1. The maximum atomic E-state index is 13.9. The van der Waals surface area contributed by atoms with Crippen LogP contribution in [0, 0.1) is 11.8 Å². The molecule has 0 aliphatic carbocycles. The molecular formula is C46H77N7O9. The van der Waals surface area contributed by atoms with E-state index < -0.39 is 24.2 Å². The van der Waals surface area contributed by atoms with Crippen molar-refractivity contribution in [3.63, 3.8) is 0 Å². The number of benzene rings is 1. The first-order valence-corrected chi connectivity index (χ1v) is 22.1. The van der Waals surface area contributed by atoms with E-state index >= 15 is 0 Å². The summed E-state index contributed by atoms with van der Waals surface area (Å²) >= 11 is 0. The van der Waals surface area contributed by atoms with Gasteiger partial charge in [-0.2, -0.15) is 0 Å². The van der Waals surface area contributed by atoms with Crippen LogP contribution in [0.3, 0.4) is 0 Å². The standard InChI is InChI=1S/C43H69N7O9.C3H8/c1-10-29(2)40(49(7)39(55)27-44)35(58-8)26-38(54)50-24-14-16-34(50)41(59-9)30(3)42(56)46-31(4)43(57)48(6)33-21-19-32(20-22-33)28-45-36(52)17-12-11-13-23-47(5)37(53)18-15-25-51;1-3-2/h15,18-22,25,29-31,34-35,40-41H,10-14,16-17,23-24,26-28,44H2,1-9H3,(H,45,52)(H,46,56);3H2,1-2H3/b18-15-;/t29?,30?,31-,34?,35?,40?,41?;/m0./s1. The zero-order valence-electron chi connectivity index (χ0n) is 39.3. The smallest absolute Gasteiger partial charge is 0.249 e. The Bertz CT molecular complexity index is 1590. The monoisotopic (exact) mass is 872 g/mol. The summed E-state index contributed by atoms with van der Waals surface area (Å²) < 4.78 is 11.7. The summed E-state index contributed by atoms with van der Waals surface area (Å²) in [7, 11) is 8.04. The van der Waals surface area contributed by atoms with E-state index in [4.69, 9.17) is 15.2 Å². The molecule has 7 atom stereocenters. The first-order valence-electron chi connectivity index (χ1n) is 22.1. The molecule has 350 valence electrons. The average Bonchev–Trinajstić information content (AvgIpc) is 3.76. The Kier molecular flexibility index (Phi) is 26.4. The number of carbonyl (C=O) groups excluding carboxylic acids is 7. The van der Waals surface area contributed by atoms with E-state index in [-0.39, 0.29) is 66.4 Å². The number of nitrogens with two attached hydrogens (primary N) is 1. The summed E-state index contributed by atoms with van der Waals surface area (Å²) in [6.07, 6.45) is 7.74. The van der Waals surface area contributed by atoms with Crippen molar-refractivity contribution in [1.29, 1.82) is 0 Å². The highest BCUT2D eigenvalue weighted by molar-refractivity contribution is 5.98. The van der Waals surface area contributed by atoms with Gasteiger partial charge in [0, 0.05) is 73.2 Å². The zero-order chi connectivity index (χ0) is 46.9. The molecule has 0 radical (unpaired) electrons. The Balaban J connectivity index is 0.00000621. The summed E-state index contributed by atoms with van der Waals surface area (Å²) in [6.45, 7) is 12.9. The molecule has 1 aromatic carbocycles. The molecule has 1 aliphatic heterocycles. The van der Waals surface area contributed by atoms with E-state index in [9.17, 15) is 33.6 Å². The normalized spacial score (nSPS) is 16.5. The summed E-state index contributed by atoms with van der Waals surface area (Å²) in [5, 5.41) is 5.75. The second-order valence-corrected chi connectivity index (χ2v) is 16.2. The van der Waals surface area contributed by atoms with Crippen molar-refractivity contribution >= 4 is 47.4 Å². The van der Waals surface area contributed by atoms with E-state index in [0.29, 0.717) is 50.9 Å². The molecule has 1 aliphatic rings. The quantitative estimate of drug-likeness (QED) is 0.0737. The van der Waals surface area contributed by atoms with Crippen molar-refractivity contribution in [2.24, 2.45) is 17.6 Å². The largest absolute Gasteiger partial charge is 0.379 e. The van der Waals surface area contributed by atoms with Crippen LogP contribution in [0.2, 0.25) is 0 Å². The highest BCUT2D eigenvalue weighted by atomic mass is 16.5. The molecule has 0 aromatic heterocycles. The third-order valence-electron chi connectivity index (χ3n) is 11.4. The maximum absolute atomic E-state index is 13.9. The number of hydrogen-bond acceptors (Lipinski definition) is 10. The fourth-order valence-corrected chi connectivity index (χ4v) is 7.59. The van der Waals surface area contributed by atoms with E-state index in [1.807, 2.05) is 26.0 Å². The minimum atomic E-state index is -0.860. The van der Waals surface area contributed by atoms with Crippen molar-refractivity contribution in [1.82, 2.24) is 25.3 Å². The topological polar surface area (TPSA) is 201 Å². The third kappa shape index (κ3) is 17.6. The van der Waals surface area contributed by atoms with Gasteiger partial charge >= 0.3 is 0 Å². The van der Waals surface area contributed by atoms with Crippen LogP contribution in [-0.2, 0) is 49.6 Å². The second-order valence-electron chi connectivity index (χ2n) is 16.2. The lowest BCUT2D eigenvalue weighted by atomic mass is 9.90. The van der Waals surface area contributed by atoms with Crippen LogP contribution in [-0.4, -0.2) is 142 Å². The maximum Gasteiger partial charge on any atom is 0.249 e. The molecule has 0 saturated carbocycles. The van der Waals surface area contributed by atoms with Crippen molar-refractivity contribution in [3.05, 3.63) is 42.0 Å². The van der Waals surface area contributed by atoms with Gasteiger partial charge in [0.05, 0.1) is 43.2 Å². The molecule has 1 fully saturated rings. The molecule has 1 heterocycles. The number of nitrogens with one attached hydrogen (secondary N) is 2. The molecule has 6 amide bonds. The van der Waals surface area contributed by atoms with Crippen LogP contribution < -0.4 is 21.3 Å². The minimum Gasteiger partial charge on any atom is -0.379 e. The molecule has 16 nitrogen and oxygen atoms in total. The number of aldehydes is 1. The molecule has 1 saturated heterocycles. The predicted octanol–water partition coefficient (Wildman–Crippen LogP) is 3.84. The Labute approximate surface area is 370 Å². The number of carbonyl (C=O) groups is 7. The van der Waals surface area contributed by atoms with Gasteiger partial charge in [0.15, 0.2) is 0 Å². The number of amides is 6. The third-order valence-corrected chi connectivity index (χ3v) is 11.4. The molecule has 4 N–H and O–H groups in total. The van der Waals surface area contributed by atoms with Crippen molar-refractivity contribution < 1.29 is 43.0 Å². The Morgan fingerprint density at radius 1 is 0.952 bits per heavy atom. The molecule has 2 rings (SSSR count). The SMILES string of the molecule is CCC.CCC(C)C(C(CC(=O)N1CCCC1C(OC)C(C)C(=O)N[C@@H](C)C(=O)N(C)c1ccc(CNC(=O)CCCCCN(C)C(=O)/C=C\C=O)cc1)OC)N(C)C(=O)CN. The summed E-state index contributed by atoms with van der Waals surface area (Å²) in [5.41, 5.74) is 7.13. The van der Waals surface area contributed by atoms with Gasteiger partial charge in [0.1, 0.15) is 12.3 Å². The van der Waals surface area contributed by atoms with Crippen LogP contribution >= 0.6 is 0 Å². The lowest BCUT2D eigenvalue weighted by molar-refractivity contribution is -0.145. The van der Waals surface area contributed by atoms with Crippen molar-refractivity contribution in [2.75, 3.05) is 59.9 Å². The number of ether oxygens (including phenoxy) is 2. The minimum absolute atomic E-state index is 0.0455. The molecule has 16 heteroatoms. The fraction of sp³-hybridized carbons (Fsp3) is 0.674. The lowest BCUT2D eigenvalue weighted by Gasteiger charge is -2.39. The molecule has 0 spiro atoms. The summed E-state index contributed by atoms with van der Waals surface area (Å²) in [4.78, 5) is 94.4. The molecule has 0 bridgehead atoms. The van der Waals surface area contributed by atoms with E-state index in [1.54, 1.807) is 56.9 Å². The van der Waals surface area contributed by atoms with E-state index in [0.717, 1.165) is 37.3 Å². The van der Waals surface area contributed by atoms with Gasteiger partial charge in [0.2, 0.25) is 35.4 Å². The average molecular weight is 872 g/mol. The summed E-state index contributed by atoms with van der Waals surface area (Å²) in [6, 6.07) is 5.61. The predicted molar refractivity (Wildman–Crippen MR) is 242 cm³/mol. The van der Waals surface area contributed by atoms with Gasteiger partial charge in [-0.1, -0.05) is 66.0 Å². The van der Waals surface area contributed by atoms with Crippen LogP contribution in [0.4, 0.5) is 5.69 Å². The van der Waals surface area contributed by atoms with Crippen molar-refractivity contribution in [2.45, 2.75) is 136 Å². The number of hydrogen-bond donors (Lipinski definition) is 3. The number of allylic oxidation sites excluding steroid dienone is 1. The molecule has 6 unspecified atom stereocenters. The number of anilines is 1. The second kappa shape index (κ2) is 29.6. The number of rotatable bonds is 25. The van der Waals surface area contributed by atoms with Gasteiger partial charge in [-0.05, 0) is 62.3 Å². The van der Waals surface area contributed by atoms with Crippen LogP contribution in [0.5, 0.6) is 0 Å². The molecule has 62 heavy (non-hydrogen) atoms. The lowest BCUT2D eigenvalue weighted by Crippen LogP contribution is -2.54. The zero-order valence-corrected chi connectivity index (χ0v) is 39.3. The van der Waals surface area contributed by atoms with E-state index in [2.05, 4.69) is 24.5 Å². The van der Waals surface area contributed by atoms with Gasteiger partial charge in [-0.3, -0.25) is 33.6 Å². The number of unbranched alkanes of at least 4 members (excludes halogenated alkanes) is 2. The van der Waals surface area contributed by atoms with Gasteiger partial charge in [-0.25, -0.2) is 0 Å².